The summed E-state index contributed by atoms with van der Waals surface area (Å²) in [6.07, 6.45) is 1.89. The van der Waals surface area contributed by atoms with E-state index < -0.39 is 0 Å². The highest BCUT2D eigenvalue weighted by Gasteiger charge is 2.24. The second-order valence-electron chi connectivity index (χ2n) is 6.10. The molecule has 0 saturated heterocycles. The number of anilines is 3. The van der Waals surface area contributed by atoms with Crippen molar-refractivity contribution in [1.82, 2.24) is 10.2 Å². The van der Waals surface area contributed by atoms with Crippen LogP contribution in [0.5, 0.6) is 0 Å². The SMILES string of the molecule is O=C(c1ccc(Nc2ccccc2F)nn1)N1CCCc2ccccc21. The number of aryl methyl sites for hydroxylation is 1. The average Bonchev–Trinajstić information content (AvgIpc) is 2.69. The lowest BCUT2D eigenvalue weighted by Gasteiger charge is -2.29. The number of nitrogens with one attached hydrogen (secondary N) is 1. The van der Waals surface area contributed by atoms with Gasteiger partial charge in [0.25, 0.3) is 5.91 Å². The number of carbonyl (C=O) groups is 1. The van der Waals surface area contributed by atoms with Crippen LogP contribution in [0, 0.1) is 5.82 Å². The molecule has 2 heterocycles. The highest BCUT2D eigenvalue weighted by Crippen LogP contribution is 2.28. The predicted octanol–water partition coefficient (Wildman–Crippen LogP) is 3.95. The third-order valence-electron chi connectivity index (χ3n) is 4.38. The van der Waals surface area contributed by atoms with Crippen molar-refractivity contribution in [1.29, 1.82) is 0 Å². The second-order valence-corrected chi connectivity index (χ2v) is 6.10. The molecule has 0 atom stereocenters. The topological polar surface area (TPSA) is 58.1 Å². The van der Waals surface area contributed by atoms with Gasteiger partial charge in [0.1, 0.15) is 5.82 Å². The van der Waals surface area contributed by atoms with Gasteiger partial charge in [-0.1, -0.05) is 30.3 Å². The van der Waals surface area contributed by atoms with Crippen molar-refractivity contribution in [2.75, 3.05) is 16.8 Å². The molecule has 0 fully saturated rings. The zero-order chi connectivity index (χ0) is 17.9. The number of hydrogen-bond donors (Lipinski definition) is 1. The molecule has 6 heteroatoms. The van der Waals surface area contributed by atoms with Crippen molar-refractivity contribution in [3.05, 3.63) is 77.7 Å². The summed E-state index contributed by atoms with van der Waals surface area (Å²) in [4.78, 5) is 14.6. The first-order valence-electron chi connectivity index (χ1n) is 8.47. The quantitative estimate of drug-likeness (QED) is 0.779. The number of carbonyl (C=O) groups excluding carboxylic acids is 1. The van der Waals surface area contributed by atoms with Crippen LogP contribution in [-0.4, -0.2) is 22.6 Å². The molecular weight excluding hydrogens is 331 g/mol. The maximum absolute atomic E-state index is 13.7. The third kappa shape index (κ3) is 3.13. The standard InChI is InChI=1S/C20H17FN4O/c21-15-8-2-3-9-16(15)22-19-12-11-17(23-24-19)20(26)25-13-5-7-14-6-1-4-10-18(14)25/h1-4,6,8-12H,5,7,13H2,(H,22,24). The lowest BCUT2D eigenvalue weighted by atomic mass is 10.0. The van der Waals surface area contributed by atoms with Gasteiger partial charge in [-0.05, 0) is 48.7 Å². The van der Waals surface area contributed by atoms with Crippen LogP contribution >= 0.6 is 0 Å². The molecular formula is C20H17FN4O. The average molecular weight is 348 g/mol. The molecule has 26 heavy (non-hydrogen) atoms. The van der Waals surface area contributed by atoms with Gasteiger partial charge in [0, 0.05) is 12.2 Å². The molecule has 1 aliphatic heterocycles. The van der Waals surface area contributed by atoms with Crippen LogP contribution in [0.4, 0.5) is 21.6 Å². The number of rotatable bonds is 3. The van der Waals surface area contributed by atoms with Gasteiger partial charge in [-0.3, -0.25) is 4.79 Å². The fourth-order valence-corrected chi connectivity index (χ4v) is 3.10. The third-order valence-corrected chi connectivity index (χ3v) is 4.38. The van der Waals surface area contributed by atoms with Crippen molar-refractivity contribution in [2.45, 2.75) is 12.8 Å². The van der Waals surface area contributed by atoms with Gasteiger partial charge >= 0.3 is 0 Å². The summed E-state index contributed by atoms with van der Waals surface area (Å²) >= 11 is 0. The number of halogens is 1. The van der Waals surface area contributed by atoms with Crippen molar-refractivity contribution in [2.24, 2.45) is 0 Å². The zero-order valence-electron chi connectivity index (χ0n) is 14.0. The molecule has 0 bridgehead atoms. The van der Waals surface area contributed by atoms with E-state index in [0.29, 0.717) is 18.1 Å². The van der Waals surface area contributed by atoms with Gasteiger partial charge in [-0.2, -0.15) is 0 Å². The fraction of sp³-hybridized carbons (Fsp3) is 0.150. The minimum Gasteiger partial charge on any atom is -0.336 e. The summed E-state index contributed by atoms with van der Waals surface area (Å²) in [5.74, 6) is -0.174. The van der Waals surface area contributed by atoms with Crippen LogP contribution in [0.2, 0.25) is 0 Å². The number of aromatic nitrogens is 2. The molecule has 1 aromatic heterocycles. The van der Waals surface area contributed by atoms with Crippen LogP contribution in [0.15, 0.2) is 60.7 Å². The monoisotopic (exact) mass is 348 g/mol. The summed E-state index contributed by atoms with van der Waals surface area (Å²) in [6.45, 7) is 0.659. The molecule has 0 aliphatic carbocycles. The highest BCUT2D eigenvalue weighted by atomic mass is 19.1. The van der Waals surface area contributed by atoms with E-state index in [0.717, 1.165) is 24.1 Å². The number of amides is 1. The Morgan fingerprint density at radius 3 is 2.62 bits per heavy atom. The normalized spacial score (nSPS) is 13.2. The molecule has 130 valence electrons. The second kappa shape index (κ2) is 6.92. The van der Waals surface area contributed by atoms with Crippen molar-refractivity contribution < 1.29 is 9.18 Å². The highest BCUT2D eigenvalue weighted by molar-refractivity contribution is 6.05. The summed E-state index contributed by atoms with van der Waals surface area (Å²) in [5.41, 5.74) is 2.67. The van der Waals surface area contributed by atoms with E-state index in [4.69, 9.17) is 0 Å². The molecule has 3 aromatic rings. The maximum Gasteiger partial charge on any atom is 0.278 e. The molecule has 0 unspecified atom stereocenters. The molecule has 0 radical (unpaired) electrons. The Bertz CT molecular complexity index is 943. The molecule has 2 aromatic carbocycles. The first-order chi connectivity index (χ1) is 12.7. The molecule has 1 N–H and O–H groups in total. The first kappa shape index (κ1) is 16.2. The Morgan fingerprint density at radius 2 is 1.81 bits per heavy atom. The Hall–Kier alpha value is -3.28. The number of fused-ring (bicyclic) bond motifs is 1. The predicted molar refractivity (Wildman–Crippen MR) is 98.2 cm³/mol. The Morgan fingerprint density at radius 1 is 1.00 bits per heavy atom. The van der Waals surface area contributed by atoms with Crippen LogP contribution in [0.25, 0.3) is 0 Å². The Labute approximate surface area is 150 Å². The van der Waals surface area contributed by atoms with Crippen LogP contribution < -0.4 is 10.2 Å². The largest absolute Gasteiger partial charge is 0.336 e. The summed E-state index contributed by atoms with van der Waals surface area (Å²) in [5, 5.41) is 10.9. The number of nitrogens with zero attached hydrogens (tertiary/aromatic N) is 3. The van der Waals surface area contributed by atoms with E-state index in [-0.39, 0.29) is 17.4 Å². The molecule has 1 amide bonds. The maximum atomic E-state index is 13.7. The lowest BCUT2D eigenvalue weighted by Crippen LogP contribution is -2.36. The first-order valence-corrected chi connectivity index (χ1v) is 8.47. The molecule has 0 spiro atoms. The number of benzene rings is 2. The van der Waals surface area contributed by atoms with E-state index in [1.165, 1.54) is 6.07 Å². The summed E-state index contributed by atoms with van der Waals surface area (Å²) in [6, 6.07) is 17.5. The van der Waals surface area contributed by atoms with E-state index in [2.05, 4.69) is 15.5 Å². The van der Waals surface area contributed by atoms with E-state index in [1.807, 2.05) is 24.3 Å². The van der Waals surface area contributed by atoms with E-state index in [1.54, 1.807) is 35.2 Å². The molecule has 5 nitrogen and oxygen atoms in total. The van der Waals surface area contributed by atoms with Gasteiger partial charge in [0.05, 0.1) is 5.69 Å². The zero-order valence-corrected chi connectivity index (χ0v) is 14.0. The Balaban J connectivity index is 1.54. The Kier molecular flexibility index (Phi) is 4.31. The fourth-order valence-electron chi connectivity index (χ4n) is 3.10. The number of hydrogen-bond acceptors (Lipinski definition) is 4. The van der Waals surface area contributed by atoms with Gasteiger partial charge in [-0.25, -0.2) is 4.39 Å². The van der Waals surface area contributed by atoms with E-state index >= 15 is 0 Å². The lowest BCUT2D eigenvalue weighted by molar-refractivity contribution is 0.0979. The molecule has 1 aliphatic rings. The summed E-state index contributed by atoms with van der Waals surface area (Å²) in [7, 11) is 0. The van der Waals surface area contributed by atoms with Crippen LogP contribution in [0.1, 0.15) is 22.5 Å². The number of para-hydroxylation sites is 2. The summed E-state index contributed by atoms with van der Waals surface area (Å²) < 4.78 is 13.7. The molecule has 0 saturated carbocycles. The van der Waals surface area contributed by atoms with Gasteiger partial charge in [0.15, 0.2) is 11.5 Å². The van der Waals surface area contributed by atoms with Crippen LogP contribution in [0.3, 0.4) is 0 Å². The van der Waals surface area contributed by atoms with Gasteiger partial charge in [0.2, 0.25) is 0 Å². The minimum atomic E-state index is -0.376. The minimum absolute atomic E-state index is 0.179. The van der Waals surface area contributed by atoms with E-state index in [9.17, 15) is 9.18 Å². The smallest absolute Gasteiger partial charge is 0.278 e. The van der Waals surface area contributed by atoms with Gasteiger partial charge in [-0.15, -0.1) is 10.2 Å². The van der Waals surface area contributed by atoms with Crippen molar-refractivity contribution in [3.63, 3.8) is 0 Å². The molecule has 4 rings (SSSR count). The van der Waals surface area contributed by atoms with Crippen molar-refractivity contribution >= 4 is 23.1 Å². The van der Waals surface area contributed by atoms with Crippen molar-refractivity contribution in [3.8, 4) is 0 Å². The van der Waals surface area contributed by atoms with Gasteiger partial charge < -0.3 is 10.2 Å². The van der Waals surface area contributed by atoms with Crippen LogP contribution in [-0.2, 0) is 6.42 Å².